The Hall–Kier alpha value is -2.57. The number of hydrogen-bond donors (Lipinski definition) is 3. The van der Waals surface area contributed by atoms with E-state index in [-0.39, 0.29) is 22.6 Å². The SMILES string of the molecule is O=c1[nH]c2scc(-c3ccc(Br)cc3O)c2c(O)c1-c1ccccc1. The van der Waals surface area contributed by atoms with Crippen molar-refractivity contribution in [3.63, 3.8) is 0 Å². The molecule has 0 fully saturated rings. The largest absolute Gasteiger partial charge is 0.507 e. The van der Waals surface area contributed by atoms with Crippen LogP contribution in [0.15, 0.2) is 63.2 Å². The molecule has 0 spiro atoms. The first-order valence-electron chi connectivity index (χ1n) is 7.47. The molecule has 3 N–H and O–H groups in total. The predicted molar refractivity (Wildman–Crippen MR) is 104 cm³/mol. The van der Waals surface area contributed by atoms with Gasteiger partial charge in [0.2, 0.25) is 0 Å². The lowest BCUT2D eigenvalue weighted by Gasteiger charge is -2.08. The van der Waals surface area contributed by atoms with E-state index in [1.807, 2.05) is 29.6 Å². The second-order valence-electron chi connectivity index (χ2n) is 5.56. The van der Waals surface area contributed by atoms with Crippen LogP contribution in [-0.2, 0) is 0 Å². The number of H-pyrrole nitrogens is 1. The molecule has 0 aliphatic rings. The molecular weight excluding hydrogens is 402 g/mol. The summed E-state index contributed by atoms with van der Waals surface area (Å²) in [5.41, 5.74) is 1.79. The number of fused-ring (bicyclic) bond motifs is 1. The van der Waals surface area contributed by atoms with E-state index >= 15 is 0 Å². The van der Waals surface area contributed by atoms with Gasteiger partial charge in [-0.1, -0.05) is 46.3 Å². The van der Waals surface area contributed by atoms with Gasteiger partial charge in [0, 0.05) is 21.0 Å². The Bertz CT molecular complexity index is 1150. The van der Waals surface area contributed by atoms with Gasteiger partial charge in [0.25, 0.3) is 5.56 Å². The van der Waals surface area contributed by atoms with Crippen molar-refractivity contribution in [1.82, 2.24) is 4.98 Å². The first-order chi connectivity index (χ1) is 12.1. The number of nitrogens with one attached hydrogen (secondary N) is 1. The zero-order chi connectivity index (χ0) is 17.6. The van der Waals surface area contributed by atoms with E-state index in [4.69, 9.17) is 0 Å². The maximum Gasteiger partial charge on any atom is 0.260 e. The highest BCUT2D eigenvalue weighted by molar-refractivity contribution is 9.10. The average Bonchev–Trinajstić information content (AvgIpc) is 2.99. The molecule has 0 amide bonds. The van der Waals surface area contributed by atoms with E-state index in [0.29, 0.717) is 26.9 Å². The Morgan fingerprint density at radius 2 is 1.76 bits per heavy atom. The van der Waals surface area contributed by atoms with Gasteiger partial charge in [-0.15, -0.1) is 11.3 Å². The van der Waals surface area contributed by atoms with Crippen molar-refractivity contribution in [3.05, 3.63) is 68.7 Å². The van der Waals surface area contributed by atoms with Crippen LogP contribution in [0.4, 0.5) is 0 Å². The maximum absolute atomic E-state index is 12.4. The van der Waals surface area contributed by atoms with Crippen LogP contribution in [0.3, 0.4) is 0 Å². The smallest absolute Gasteiger partial charge is 0.260 e. The highest BCUT2D eigenvalue weighted by Gasteiger charge is 2.20. The van der Waals surface area contributed by atoms with Crippen molar-refractivity contribution in [3.8, 4) is 33.8 Å². The summed E-state index contributed by atoms with van der Waals surface area (Å²) in [6, 6.07) is 14.2. The van der Waals surface area contributed by atoms with Crippen LogP contribution >= 0.6 is 27.3 Å². The summed E-state index contributed by atoms with van der Waals surface area (Å²) in [7, 11) is 0. The monoisotopic (exact) mass is 413 g/mol. The number of thiophene rings is 1. The Morgan fingerprint density at radius 1 is 1.00 bits per heavy atom. The van der Waals surface area contributed by atoms with E-state index in [0.717, 1.165) is 4.47 Å². The Morgan fingerprint density at radius 3 is 2.48 bits per heavy atom. The molecule has 0 saturated heterocycles. The molecule has 0 saturated carbocycles. The van der Waals surface area contributed by atoms with Crippen molar-refractivity contribution in [2.24, 2.45) is 0 Å². The fourth-order valence-electron chi connectivity index (χ4n) is 2.89. The third kappa shape index (κ3) is 2.63. The molecule has 4 rings (SSSR count). The zero-order valence-corrected chi connectivity index (χ0v) is 15.2. The predicted octanol–water partition coefficient (Wildman–Crippen LogP) is 5.10. The van der Waals surface area contributed by atoms with Gasteiger partial charge in [-0.25, -0.2) is 0 Å². The maximum atomic E-state index is 12.4. The Balaban J connectivity index is 2.05. The van der Waals surface area contributed by atoms with Gasteiger partial charge in [-0.3, -0.25) is 4.79 Å². The Labute approximate surface area is 155 Å². The normalized spacial score (nSPS) is 11.1. The van der Waals surface area contributed by atoms with Crippen LogP contribution in [0.1, 0.15) is 0 Å². The quantitative estimate of drug-likeness (QED) is 0.428. The van der Waals surface area contributed by atoms with Crippen molar-refractivity contribution in [1.29, 1.82) is 0 Å². The van der Waals surface area contributed by atoms with E-state index in [1.165, 1.54) is 11.3 Å². The molecule has 0 unspecified atom stereocenters. The van der Waals surface area contributed by atoms with Crippen LogP contribution in [0, 0.1) is 0 Å². The van der Waals surface area contributed by atoms with Gasteiger partial charge in [0.15, 0.2) is 0 Å². The first-order valence-corrected chi connectivity index (χ1v) is 9.14. The summed E-state index contributed by atoms with van der Waals surface area (Å²) in [6.07, 6.45) is 0. The van der Waals surface area contributed by atoms with Crippen molar-refractivity contribution < 1.29 is 10.2 Å². The molecule has 0 bridgehead atoms. The standard InChI is InChI=1S/C19H12BrNO3S/c20-11-6-7-12(14(22)8-11)13-9-25-19-16(13)17(23)15(18(24)21-19)10-4-2-1-3-5-10/h1-9,22H,(H2,21,23,24). The van der Waals surface area contributed by atoms with E-state index in [1.54, 1.807) is 24.3 Å². The summed E-state index contributed by atoms with van der Waals surface area (Å²) in [6.45, 7) is 0. The number of aromatic nitrogens is 1. The molecule has 0 aliphatic carbocycles. The van der Waals surface area contributed by atoms with E-state index < -0.39 is 0 Å². The van der Waals surface area contributed by atoms with Crippen LogP contribution in [0.5, 0.6) is 11.5 Å². The van der Waals surface area contributed by atoms with Gasteiger partial charge < -0.3 is 15.2 Å². The van der Waals surface area contributed by atoms with Crippen LogP contribution in [-0.4, -0.2) is 15.2 Å². The third-order valence-corrected chi connectivity index (χ3v) is 5.42. The number of phenols is 1. The molecule has 2 aromatic heterocycles. The molecule has 2 aromatic carbocycles. The van der Waals surface area contributed by atoms with Gasteiger partial charge in [-0.05, 0) is 23.8 Å². The number of hydrogen-bond acceptors (Lipinski definition) is 4. The Kier molecular flexibility index (Phi) is 3.86. The molecule has 124 valence electrons. The molecule has 4 nitrogen and oxygen atoms in total. The first kappa shape index (κ1) is 15.9. The summed E-state index contributed by atoms with van der Waals surface area (Å²) in [5, 5.41) is 23.5. The van der Waals surface area contributed by atoms with Crippen LogP contribution < -0.4 is 5.56 Å². The molecule has 0 aliphatic heterocycles. The number of halogens is 1. The second-order valence-corrected chi connectivity index (χ2v) is 7.35. The fourth-order valence-corrected chi connectivity index (χ4v) is 4.19. The molecular formula is C19H12BrNO3S. The lowest BCUT2D eigenvalue weighted by molar-refractivity contribution is 0.477. The second kappa shape index (κ2) is 6.06. The topological polar surface area (TPSA) is 73.3 Å². The van der Waals surface area contributed by atoms with Crippen molar-refractivity contribution in [2.45, 2.75) is 0 Å². The van der Waals surface area contributed by atoms with Gasteiger partial charge in [0.1, 0.15) is 16.3 Å². The van der Waals surface area contributed by atoms with Crippen molar-refractivity contribution in [2.75, 3.05) is 0 Å². The lowest BCUT2D eigenvalue weighted by atomic mass is 10.0. The number of aromatic hydroxyl groups is 2. The fraction of sp³-hybridized carbons (Fsp3) is 0. The van der Waals surface area contributed by atoms with E-state index in [9.17, 15) is 15.0 Å². The number of benzene rings is 2. The van der Waals surface area contributed by atoms with Crippen molar-refractivity contribution >= 4 is 37.5 Å². The summed E-state index contributed by atoms with van der Waals surface area (Å²) in [5.74, 6) is 0.0180. The number of rotatable bonds is 2. The molecule has 4 aromatic rings. The minimum absolute atomic E-state index is 0.0801. The van der Waals surface area contributed by atoms with Crippen LogP contribution in [0.2, 0.25) is 0 Å². The van der Waals surface area contributed by atoms with Gasteiger partial charge in [0.05, 0.1) is 10.9 Å². The minimum Gasteiger partial charge on any atom is -0.507 e. The molecule has 0 atom stereocenters. The minimum atomic E-state index is -0.343. The number of phenolic OH excluding ortho intramolecular Hbond substituents is 1. The lowest BCUT2D eigenvalue weighted by Crippen LogP contribution is -2.08. The summed E-state index contributed by atoms with van der Waals surface area (Å²) in [4.78, 5) is 15.8. The summed E-state index contributed by atoms with van der Waals surface area (Å²) >= 11 is 4.64. The third-order valence-electron chi connectivity index (χ3n) is 4.03. The van der Waals surface area contributed by atoms with Gasteiger partial charge >= 0.3 is 0 Å². The molecule has 2 heterocycles. The highest BCUT2D eigenvalue weighted by Crippen LogP contribution is 2.44. The molecule has 6 heteroatoms. The highest BCUT2D eigenvalue weighted by atomic mass is 79.9. The average molecular weight is 414 g/mol. The summed E-state index contributed by atoms with van der Waals surface area (Å²) < 4.78 is 0.760. The number of aromatic amines is 1. The van der Waals surface area contributed by atoms with E-state index in [2.05, 4.69) is 20.9 Å². The molecule has 25 heavy (non-hydrogen) atoms. The van der Waals surface area contributed by atoms with Crippen LogP contribution in [0.25, 0.3) is 32.5 Å². The van der Waals surface area contributed by atoms with Gasteiger partial charge in [-0.2, -0.15) is 0 Å². The zero-order valence-electron chi connectivity index (χ0n) is 12.8. The molecule has 0 radical (unpaired) electrons. The number of pyridine rings is 1.